The van der Waals surface area contributed by atoms with Gasteiger partial charge >= 0.3 is 0 Å². The maximum absolute atomic E-state index is 5.11. The molecule has 0 atom stereocenters. The van der Waals surface area contributed by atoms with Gasteiger partial charge in [-0.05, 0) is 0 Å². The lowest BCUT2D eigenvalue weighted by Crippen LogP contribution is -2.12. The third-order valence-electron chi connectivity index (χ3n) is 1.71. The Labute approximate surface area is 101 Å². The zero-order chi connectivity index (χ0) is 12.0. The first kappa shape index (κ1) is 13.3. The van der Waals surface area contributed by atoms with Gasteiger partial charge in [-0.2, -0.15) is 4.98 Å². The molecule has 4 nitrogen and oxygen atoms in total. The number of nitrogens with one attached hydrogen (secondary N) is 1. The number of nitrogens with zero attached hydrogens (tertiary/aromatic N) is 2. The maximum Gasteiger partial charge on any atom is 0.240 e. The molecule has 1 heterocycles. The highest BCUT2D eigenvalue weighted by atomic mass is 32.2. The molecule has 0 fully saturated rings. The van der Waals surface area contributed by atoms with Gasteiger partial charge < -0.3 is 9.84 Å². The fourth-order valence-electron chi connectivity index (χ4n) is 0.983. The van der Waals surface area contributed by atoms with Crippen LogP contribution in [0.5, 0.6) is 0 Å². The third-order valence-corrected chi connectivity index (χ3v) is 2.98. The van der Waals surface area contributed by atoms with Gasteiger partial charge in [-0.1, -0.05) is 32.0 Å². The zero-order valence-corrected chi connectivity index (χ0v) is 10.9. The summed E-state index contributed by atoms with van der Waals surface area (Å²) in [6.45, 7) is 11.5. The molecule has 0 amide bonds. The molecule has 1 rings (SSSR count). The van der Waals surface area contributed by atoms with Crippen molar-refractivity contribution in [1.29, 1.82) is 0 Å². The summed E-state index contributed by atoms with van der Waals surface area (Å²) >= 11 is 1.81. The fraction of sp³-hybridized carbons (Fsp3) is 0.636. The summed E-state index contributed by atoms with van der Waals surface area (Å²) in [4.78, 5) is 4.29. The smallest absolute Gasteiger partial charge is 0.240 e. The molecular formula is C11H19N3OS. The topological polar surface area (TPSA) is 51.0 Å². The Morgan fingerprint density at radius 1 is 1.50 bits per heavy atom. The molecule has 0 saturated carbocycles. The summed E-state index contributed by atoms with van der Waals surface area (Å²) < 4.78 is 5.33. The Balaban J connectivity index is 2.36. The van der Waals surface area contributed by atoms with Crippen molar-refractivity contribution in [3.8, 4) is 0 Å². The predicted molar refractivity (Wildman–Crippen MR) is 67.2 cm³/mol. The lowest BCUT2D eigenvalue weighted by molar-refractivity contribution is 0.366. The Morgan fingerprint density at radius 3 is 2.88 bits per heavy atom. The second kappa shape index (κ2) is 6.06. The monoisotopic (exact) mass is 241 g/mol. The van der Waals surface area contributed by atoms with Gasteiger partial charge in [0.1, 0.15) is 0 Å². The number of hydrogen-bond acceptors (Lipinski definition) is 5. The zero-order valence-electron chi connectivity index (χ0n) is 10.1. The summed E-state index contributed by atoms with van der Waals surface area (Å²) in [6.07, 6.45) is 1.80. The molecule has 16 heavy (non-hydrogen) atoms. The average Bonchev–Trinajstić information content (AvgIpc) is 2.62. The van der Waals surface area contributed by atoms with Crippen molar-refractivity contribution in [2.45, 2.75) is 37.8 Å². The van der Waals surface area contributed by atoms with E-state index in [4.69, 9.17) is 4.52 Å². The van der Waals surface area contributed by atoms with E-state index in [9.17, 15) is 0 Å². The SMILES string of the molecule is C=CCNCc1nc(CSC(C)(C)C)no1. The molecule has 90 valence electrons. The number of rotatable bonds is 6. The quantitative estimate of drug-likeness (QED) is 0.612. The van der Waals surface area contributed by atoms with Crippen LogP contribution in [0.3, 0.4) is 0 Å². The van der Waals surface area contributed by atoms with Crippen molar-refractivity contribution in [2.24, 2.45) is 0 Å². The highest BCUT2D eigenvalue weighted by Gasteiger charge is 2.13. The molecule has 0 radical (unpaired) electrons. The van der Waals surface area contributed by atoms with Crippen LogP contribution in [0.25, 0.3) is 0 Å². The van der Waals surface area contributed by atoms with Gasteiger partial charge in [-0.25, -0.2) is 0 Å². The van der Waals surface area contributed by atoms with Crippen molar-refractivity contribution < 1.29 is 4.52 Å². The molecule has 1 aromatic rings. The van der Waals surface area contributed by atoms with Gasteiger partial charge in [0, 0.05) is 11.3 Å². The lowest BCUT2D eigenvalue weighted by Gasteiger charge is -2.15. The molecule has 0 aliphatic carbocycles. The maximum atomic E-state index is 5.11. The van der Waals surface area contributed by atoms with Crippen molar-refractivity contribution in [1.82, 2.24) is 15.5 Å². The van der Waals surface area contributed by atoms with Gasteiger partial charge in [0.25, 0.3) is 0 Å². The average molecular weight is 241 g/mol. The summed E-state index contributed by atoms with van der Waals surface area (Å²) in [5.74, 6) is 2.18. The Kier molecular flexibility index (Phi) is 5.02. The Hall–Kier alpha value is -0.810. The van der Waals surface area contributed by atoms with E-state index in [0.29, 0.717) is 12.4 Å². The van der Waals surface area contributed by atoms with Crippen LogP contribution in [0.4, 0.5) is 0 Å². The first-order valence-corrected chi connectivity index (χ1v) is 6.27. The van der Waals surface area contributed by atoms with Crippen LogP contribution in [-0.4, -0.2) is 21.4 Å². The van der Waals surface area contributed by atoms with Crippen LogP contribution < -0.4 is 5.32 Å². The van der Waals surface area contributed by atoms with E-state index in [1.54, 1.807) is 17.8 Å². The van der Waals surface area contributed by atoms with Crippen LogP contribution in [0.2, 0.25) is 0 Å². The van der Waals surface area contributed by atoms with E-state index in [0.717, 1.165) is 18.1 Å². The van der Waals surface area contributed by atoms with Crippen molar-refractivity contribution in [3.05, 3.63) is 24.4 Å². The molecule has 0 aromatic carbocycles. The van der Waals surface area contributed by atoms with E-state index in [1.165, 1.54) is 0 Å². The molecule has 0 aliphatic rings. The van der Waals surface area contributed by atoms with Crippen molar-refractivity contribution in [2.75, 3.05) is 6.54 Å². The highest BCUT2D eigenvalue weighted by Crippen LogP contribution is 2.25. The van der Waals surface area contributed by atoms with Crippen LogP contribution in [-0.2, 0) is 12.3 Å². The van der Waals surface area contributed by atoms with E-state index in [2.05, 4.69) is 42.8 Å². The van der Waals surface area contributed by atoms with Crippen molar-refractivity contribution in [3.63, 3.8) is 0 Å². The van der Waals surface area contributed by atoms with Gasteiger partial charge in [0.2, 0.25) is 5.89 Å². The first-order valence-electron chi connectivity index (χ1n) is 5.28. The van der Waals surface area contributed by atoms with E-state index in [1.807, 2.05) is 0 Å². The number of aromatic nitrogens is 2. The minimum Gasteiger partial charge on any atom is -0.338 e. The summed E-state index contributed by atoms with van der Waals surface area (Å²) in [7, 11) is 0. The second-order valence-electron chi connectivity index (χ2n) is 4.42. The molecule has 0 spiro atoms. The summed E-state index contributed by atoms with van der Waals surface area (Å²) in [6, 6.07) is 0. The predicted octanol–water partition coefficient (Wildman–Crippen LogP) is 2.38. The Morgan fingerprint density at radius 2 is 2.25 bits per heavy atom. The van der Waals surface area contributed by atoms with Crippen molar-refractivity contribution >= 4 is 11.8 Å². The largest absolute Gasteiger partial charge is 0.338 e. The molecule has 1 aromatic heterocycles. The van der Waals surface area contributed by atoms with Gasteiger partial charge in [-0.3, -0.25) is 0 Å². The number of hydrogen-bond donors (Lipinski definition) is 1. The molecule has 5 heteroatoms. The lowest BCUT2D eigenvalue weighted by atomic mass is 10.3. The van der Waals surface area contributed by atoms with Gasteiger partial charge in [0.05, 0.1) is 12.3 Å². The minimum atomic E-state index is 0.224. The summed E-state index contributed by atoms with van der Waals surface area (Å²) in [5, 5.41) is 7.04. The molecule has 1 N–H and O–H groups in total. The second-order valence-corrected chi connectivity index (χ2v) is 6.23. The van der Waals surface area contributed by atoms with E-state index in [-0.39, 0.29) is 4.75 Å². The summed E-state index contributed by atoms with van der Waals surface area (Å²) in [5.41, 5.74) is 0. The third kappa shape index (κ3) is 5.32. The van der Waals surface area contributed by atoms with E-state index >= 15 is 0 Å². The number of thioether (sulfide) groups is 1. The molecule has 0 saturated heterocycles. The highest BCUT2D eigenvalue weighted by molar-refractivity contribution is 7.99. The molecular weight excluding hydrogens is 222 g/mol. The first-order chi connectivity index (χ1) is 7.51. The minimum absolute atomic E-state index is 0.224. The molecule has 0 unspecified atom stereocenters. The van der Waals surface area contributed by atoms with Gasteiger partial charge in [-0.15, -0.1) is 18.3 Å². The van der Waals surface area contributed by atoms with Crippen LogP contribution in [0, 0.1) is 0 Å². The molecule has 0 aliphatic heterocycles. The van der Waals surface area contributed by atoms with Crippen LogP contribution >= 0.6 is 11.8 Å². The standard InChI is InChI=1S/C11H19N3OS/c1-5-6-12-7-10-13-9(14-15-10)8-16-11(2,3)4/h5,12H,1,6-8H2,2-4H3. The fourth-order valence-corrected chi connectivity index (χ4v) is 1.66. The normalized spacial score (nSPS) is 11.7. The van der Waals surface area contributed by atoms with Crippen LogP contribution in [0.15, 0.2) is 17.2 Å². The Bertz CT molecular complexity index is 330. The van der Waals surface area contributed by atoms with E-state index < -0.39 is 0 Å². The van der Waals surface area contributed by atoms with Crippen LogP contribution in [0.1, 0.15) is 32.5 Å². The molecule has 0 bridgehead atoms. The van der Waals surface area contributed by atoms with Gasteiger partial charge in [0.15, 0.2) is 5.82 Å².